The van der Waals surface area contributed by atoms with E-state index in [4.69, 9.17) is 9.15 Å². The van der Waals surface area contributed by atoms with E-state index in [1.54, 1.807) is 11.8 Å². The van der Waals surface area contributed by atoms with Gasteiger partial charge in [-0.05, 0) is 80.7 Å². The van der Waals surface area contributed by atoms with Crippen LogP contribution in [0.2, 0.25) is 0 Å². The maximum Gasteiger partial charge on any atom is 0.312 e. The molecule has 3 aromatic rings. The summed E-state index contributed by atoms with van der Waals surface area (Å²) in [6.45, 7) is 25.9. The van der Waals surface area contributed by atoms with E-state index in [2.05, 4.69) is 118 Å². The van der Waals surface area contributed by atoms with Gasteiger partial charge in [-0.15, -0.1) is 11.8 Å². The van der Waals surface area contributed by atoms with Crippen molar-refractivity contribution in [1.29, 1.82) is 0 Å². The topological polar surface area (TPSA) is 39.4 Å². The summed E-state index contributed by atoms with van der Waals surface area (Å²) in [6.07, 6.45) is 6.38. The van der Waals surface area contributed by atoms with Gasteiger partial charge >= 0.3 is 5.97 Å². The zero-order valence-corrected chi connectivity index (χ0v) is 29.3. The number of aryl methyl sites for hydroxylation is 1. The van der Waals surface area contributed by atoms with Crippen molar-refractivity contribution < 1.29 is 13.9 Å². The molecule has 0 amide bonds. The number of hydrogen-bond donors (Lipinski definition) is 0. The van der Waals surface area contributed by atoms with Crippen LogP contribution in [0.15, 0.2) is 57.8 Å². The molecule has 0 N–H and O–H groups in total. The number of hydrogen-bond acceptors (Lipinski definition) is 4. The van der Waals surface area contributed by atoms with Gasteiger partial charge < -0.3 is 9.15 Å². The minimum atomic E-state index is -0.608. The molecule has 0 spiro atoms. The lowest BCUT2D eigenvalue weighted by Gasteiger charge is -2.45. The van der Waals surface area contributed by atoms with E-state index in [0.29, 0.717) is 0 Å². The molecule has 232 valence electrons. The van der Waals surface area contributed by atoms with Gasteiger partial charge in [0.05, 0.1) is 5.41 Å². The number of thioether (sulfide) groups is 1. The fraction of sp³-hybridized carbons (Fsp3) is 0.605. The first-order chi connectivity index (χ1) is 19.2. The first-order valence-electron chi connectivity index (χ1n) is 15.8. The molecule has 0 fully saturated rings. The molecule has 0 aliphatic rings. The van der Waals surface area contributed by atoms with Gasteiger partial charge in [0.25, 0.3) is 0 Å². The third-order valence-electron chi connectivity index (χ3n) is 8.40. The van der Waals surface area contributed by atoms with Crippen molar-refractivity contribution >= 4 is 28.7 Å². The van der Waals surface area contributed by atoms with Crippen molar-refractivity contribution in [2.75, 3.05) is 0 Å². The Bertz CT molecular complexity index is 1330. The number of carbonyl (C=O) groups is 1. The summed E-state index contributed by atoms with van der Waals surface area (Å²) in [7, 11) is 0. The molecule has 1 heterocycles. The molecular formula is C38H56O3S. The molecular weight excluding hydrogens is 536 g/mol. The van der Waals surface area contributed by atoms with Crippen LogP contribution in [-0.4, -0.2) is 16.3 Å². The summed E-state index contributed by atoms with van der Waals surface area (Å²) in [5.74, 6) is 0.797. The van der Waals surface area contributed by atoms with Crippen LogP contribution in [0.3, 0.4) is 0 Å². The smallest absolute Gasteiger partial charge is 0.312 e. The van der Waals surface area contributed by atoms with Crippen LogP contribution in [0.1, 0.15) is 121 Å². The third-order valence-corrected chi connectivity index (χ3v) is 9.59. The lowest BCUT2D eigenvalue weighted by molar-refractivity contribution is -0.179. The van der Waals surface area contributed by atoms with E-state index in [-0.39, 0.29) is 21.5 Å². The molecule has 1 aromatic heterocycles. The van der Waals surface area contributed by atoms with Gasteiger partial charge in [0.15, 0.2) is 0 Å². The average Bonchev–Trinajstić information content (AvgIpc) is 3.25. The van der Waals surface area contributed by atoms with Crippen LogP contribution in [0.25, 0.3) is 22.3 Å². The number of rotatable bonds is 12. The Labute approximate surface area is 260 Å². The van der Waals surface area contributed by atoms with Gasteiger partial charge in [-0.25, -0.2) is 0 Å². The van der Waals surface area contributed by atoms with Gasteiger partial charge in [-0.3, -0.25) is 4.79 Å². The molecule has 0 aliphatic carbocycles. The Morgan fingerprint density at radius 3 is 2.02 bits per heavy atom. The third kappa shape index (κ3) is 9.15. The second-order valence-electron chi connectivity index (χ2n) is 16.0. The zero-order chi connectivity index (χ0) is 31.6. The van der Waals surface area contributed by atoms with Crippen LogP contribution in [-0.2, 0) is 16.0 Å². The number of ether oxygens (including phenoxy) is 1. The number of fused-ring (bicyclic) bond motifs is 1. The lowest BCUT2D eigenvalue weighted by atomic mass is 9.61. The maximum absolute atomic E-state index is 13.8. The van der Waals surface area contributed by atoms with E-state index >= 15 is 0 Å². The molecule has 0 saturated carbocycles. The predicted octanol–water partition coefficient (Wildman–Crippen LogP) is 11.9. The minimum Gasteiger partial charge on any atom is -0.459 e. The molecule has 2 aromatic carbocycles. The first-order valence-corrected chi connectivity index (χ1v) is 16.6. The van der Waals surface area contributed by atoms with Crippen LogP contribution in [0.5, 0.6) is 0 Å². The molecule has 0 saturated heterocycles. The van der Waals surface area contributed by atoms with E-state index in [9.17, 15) is 4.79 Å². The van der Waals surface area contributed by atoms with Crippen molar-refractivity contribution in [3.63, 3.8) is 0 Å². The highest BCUT2D eigenvalue weighted by atomic mass is 32.2. The molecule has 0 radical (unpaired) electrons. The standard InChI is InChI=1S/C38H56O3S/c1-13-14-15-16-27-17-19-28(20-18-27)31-23-29-21-22-30(24-32(29)40-31)42-37(10,11)26-36(8,9)41-33(39)38(12,35(5,6)7)25-34(2,3)4/h17-24H,13-16,25-26H2,1-12H3. The molecule has 4 heteroatoms. The largest absolute Gasteiger partial charge is 0.459 e. The summed E-state index contributed by atoms with van der Waals surface area (Å²) in [4.78, 5) is 14.9. The van der Waals surface area contributed by atoms with E-state index in [0.717, 1.165) is 46.5 Å². The zero-order valence-electron chi connectivity index (χ0n) is 28.5. The first kappa shape index (κ1) is 34.3. The van der Waals surface area contributed by atoms with Crippen LogP contribution in [0.4, 0.5) is 0 Å². The SMILES string of the molecule is CCCCCc1ccc(-c2cc3ccc(SC(C)(C)CC(C)(C)OC(=O)C(C)(CC(C)(C)C)C(C)(C)C)cc3o2)cc1. The van der Waals surface area contributed by atoms with Crippen molar-refractivity contribution in [1.82, 2.24) is 0 Å². The number of esters is 1. The summed E-state index contributed by atoms with van der Waals surface area (Å²) in [5.41, 5.74) is 1.99. The molecule has 0 aliphatic heterocycles. The van der Waals surface area contributed by atoms with E-state index in [1.165, 1.54) is 24.8 Å². The van der Waals surface area contributed by atoms with Crippen molar-refractivity contribution in [2.45, 2.75) is 137 Å². The molecule has 1 atom stereocenters. The second-order valence-corrected chi connectivity index (χ2v) is 17.8. The van der Waals surface area contributed by atoms with Gasteiger partial charge in [0.1, 0.15) is 16.9 Å². The van der Waals surface area contributed by atoms with Gasteiger partial charge in [0.2, 0.25) is 0 Å². The number of furan rings is 1. The monoisotopic (exact) mass is 592 g/mol. The molecule has 3 nitrogen and oxygen atoms in total. The fourth-order valence-electron chi connectivity index (χ4n) is 6.12. The van der Waals surface area contributed by atoms with Crippen molar-refractivity contribution in [2.24, 2.45) is 16.2 Å². The van der Waals surface area contributed by atoms with Gasteiger partial charge in [-0.2, -0.15) is 0 Å². The summed E-state index contributed by atoms with van der Waals surface area (Å²) >= 11 is 1.80. The summed E-state index contributed by atoms with van der Waals surface area (Å²) in [6, 6.07) is 17.4. The van der Waals surface area contributed by atoms with Gasteiger partial charge in [0, 0.05) is 27.0 Å². The number of unbranched alkanes of at least 4 members (excludes halogenated alkanes) is 2. The highest BCUT2D eigenvalue weighted by Crippen LogP contribution is 2.49. The van der Waals surface area contributed by atoms with Gasteiger partial charge in [-0.1, -0.05) is 99.4 Å². The molecule has 1 unspecified atom stereocenters. The number of benzene rings is 2. The summed E-state index contributed by atoms with van der Waals surface area (Å²) in [5, 5.41) is 1.11. The summed E-state index contributed by atoms with van der Waals surface area (Å²) < 4.78 is 12.5. The quantitative estimate of drug-likeness (QED) is 0.119. The van der Waals surface area contributed by atoms with Crippen molar-refractivity contribution in [3.05, 3.63) is 54.1 Å². The number of carbonyl (C=O) groups excluding carboxylic acids is 1. The average molecular weight is 593 g/mol. The molecule has 3 rings (SSSR count). The fourth-order valence-corrected chi connectivity index (χ4v) is 7.48. The van der Waals surface area contributed by atoms with E-state index < -0.39 is 11.0 Å². The Morgan fingerprint density at radius 2 is 1.45 bits per heavy atom. The Kier molecular flexibility index (Phi) is 10.5. The lowest BCUT2D eigenvalue weighted by Crippen LogP contribution is -2.48. The van der Waals surface area contributed by atoms with Crippen LogP contribution in [0, 0.1) is 16.2 Å². The normalized spacial score (nSPS) is 14.7. The Balaban J connectivity index is 1.72. The highest BCUT2D eigenvalue weighted by Gasteiger charge is 2.49. The van der Waals surface area contributed by atoms with Crippen molar-refractivity contribution in [3.8, 4) is 11.3 Å². The predicted molar refractivity (Wildman–Crippen MR) is 181 cm³/mol. The molecule has 42 heavy (non-hydrogen) atoms. The highest BCUT2D eigenvalue weighted by molar-refractivity contribution is 8.00. The van der Waals surface area contributed by atoms with Crippen LogP contribution < -0.4 is 0 Å². The minimum absolute atomic E-state index is 0.0162. The molecule has 0 bridgehead atoms. The second kappa shape index (κ2) is 12.8. The van der Waals surface area contributed by atoms with E-state index in [1.807, 2.05) is 13.8 Å². The van der Waals surface area contributed by atoms with Crippen LogP contribution >= 0.6 is 11.8 Å². The Morgan fingerprint density at radius 1 is 0.810 bits per heavy atom. The Hall–Kier alpha value is -2.20. The maximum atomic E-state index is 13.8.